The smallest absolute Gasteiger partial charge is 0.315 e. The van der Waals surface area contributed by atoms with Gasteiger partial charge in [-0.25, -0.2) is 4.98 Å². The highest BCUT2D eigenvalue weighted by Gasteiger charge is 2.47. The van der Waals surface area contributed by atoms with Gasteiger partial charge in [-0.05, 0) is 25.0 Å². The zero-order chi connectivity index (χ0) is 10.2. The molecule has 0 atom stereocenters. The molecule has 1 saturated carbocycles. The van der Waals surface area contributed by atoms with Gasteiger partial charge in [-0.3, -0.25) is 4.79 Å². The van der Waals surface area contributed by atoms with Crippen molar-refractivity contribution in [1.29, 1.82) is 0 Å². The highest BCUT2D eigenvalue weighted by molar-refractivity contribution is 6.29. The fraction of sp³-hybridized carbons (Fsp3) is 0.400. The molecule has 3 nitrogen and oxygen atoms in total. The monoisotopic (exact) mass is 247 g/mol. The van der Waals surface area contributed by atoms with Gasteiger partial charge in [-0.2, -0.15) is 0 Å². The summed E-state index contributed by atoms with van der Waals surface area (Å²) in [5.74, 6) is -0.793. The Morgan fingerprint density at radius 2 is 2.13 bits per heavy atom. The Morgan fingerprint density at radius 3 is 2.53 bits per heavy atom. The number of rotatable bonds is 2. The third-order valence-corrected chi connectivity index (χ3v) is 3.03. The molecule has 1 heterocycles. The summed E-state index contributed by atoms with van der Waals surface area (Å²) < 4.78 is 0. The Balaban J connectivity index is 0.00000112. The number of halogens is 2. The standard InChI is InChI=1S/C10H10ClNO2.ClH/c11-8-4-1-3-7(12-8)10(9(13)14)5-2-6-10;/h1,3-4H,2,5-6H2,(H,13,14);1H. The van der Waals surface area contributed by atoms with Crippen LogP contribution in [0.25, 0.3) is 0 Å². The molecule has 1 aromatic heterocycles. The van der Waals surface area contributed by atoms with Gasteiger partial charge in [-0.1, -0.05) is 24.1 Å². The third-order valence-electron chi connectivity index (χ3n) is 2.82. The van der Waals surface area contributed by atoms with E-state index in [1.54, 1.807) is 18.2 Å². The first-order chi connectivity index (χ1) is 6.65. The van der Waals surface area contributed by atoms with E-state index in [1.165, 1.54) is 0 Å². The van der Waals surface area contributed by atoms with E-state index in [1.807, 2.05) is 0 Å². The zero-order valence-corrected chi connectivity index (χ0v) is 9.51. The molecule has 0 saturated heterocycles. The molecule has 0 spiro atoms. The van der Waals surface area contributed by atoms with Gasteiger partial charge in [0.05, 0.1) is 5.69 Å². The van der Waals surface area contributed by atoms with E-state index in [0.717, 1.165) is 6.42 Å². The van der Waals surface area contributed by atoms with Crippen molar-refractivity contribution in [3.8, 4) is 0 Å². The van der Waals surface area contributed by atoms with Crippen LogP contribution in [0, 0.1) is 0 Å². The summed E-state index contributed by atoms with van der Waals surface area (Å²) in [7, 11) is 0. The second-order valence-electron chi connectivity index (χ2n) is 3.59. The SMILES string of the molecule is Cl.O=C(O)C1(c2cccc(Cl)n2)CCC1. The van der Waals surface area contributed by atoms with Gasteiger partial charge in [-0.15, -0.1) is 12.4 Å². The molecule has 0 aromatic carbocycles. The fourth-order valence-electron chi connectivity index (χ4n) is 1.78. The van der Waals surface area contributed by atoms with Crippen LogP contribution in [-0.4, -0.2) is 16.1 Å². The minimum Gasteiger partial charge on any atom is -0.481 e. The second-order valence-corrected chi connectivity index (χ2v) is 3.97. The van der Waals surface area contributed by atoms with Crippen LogP contribution < -0.4 is 0 Å². The molecular weight excluding hydrogens is 237 g/mol. The van der Waals surface area contributed by atoms with E-state index in [0.29, 0.717) is 23.7 Å². The van der Waals surface area contributed by atoms with Crippen molar-refractivity contribution < 1.29 is 9.90 Å². The van der Waals surface area contributed by atoms with Gasteiger partial charge in [0.2, 0.25) is 0 Å². The average Bonchev–Trinajstić information content (AvgIpc) is 2.00. The molecule has 0 bridgehead atoms. The summed E-state index contributed by atoms with van der Waals surface area (Å²) in [6.45, 7) is 0. The molecule has 82 valence electrons. The van der Waals surface area contributed by atoms with Crippen molar-refractivity contribution in [2.45, 2.75) is 24.7 Å². The summed E-state index contributed by atoms with van der Waals surface area (Å²) in [5.41, 5.74) is -0.186. The molecule has 1 aliphatic rings. The van der Waals surface area contributed by atoms with E-state index < -0.39 is 11.4 Å². The van der Waals surface area contributed by atoms with Gasteiger partial charge < -0.3 is 5.11 Å². The fourth-order valence-corrected chi connectivity index (χ4v) is 1.95. The lowest BCUT2D eigenvalue weighted by Gasteiger charge is -2.36. The number of aliphatic carboxylic acids is 1. The van der Waals surface area contributed by atoms with E-state index in [9.17, 15) is 4.79 Å². The number of hydrogen-bond acceptors (Lipinski definition) is 2. The summed E-state index contributed by atoms with van der Waals surface area (Å²) in [5, 5.41) is 9.50. The number of nitrogens with zero attached hydrogens (tertiary/aromatic N) is 1. The highest BCUT2D eigenvalue weighted by Crippen LogP contribution is 2.43. The summed E-state index contributed by atoms with van der Waals surface area (Å²) in [6.07, 6.45) is 2.27. The van der Waals surface area contributed by atoms with Crippen molar-refractivity contribution in [3.05, 3.63) is 29.0 Å². The van der Waals surface area contributed by atoms with E-state index >= 15 is 0 Å². The maximum Gasteiger partial charge on any atom is 0.315 e. The van der Waals surface area contributed by atoms with Gasteiger partial charge in [0.15, 0.2) is 0 Å². The summed E-state index contributed by atoms with van der Waals surface area (Å²) in [6, 6.07) is 5.13. The summed E-state index contributed by atoms with van der Waals surface area (Å²) >= 11 is 5.73. The maximum absolute atomic E-state index is 11.1. The van der Waals surface area contributed by atoms with Gasteiger partial charge in [0.1, 0.15) is 10.6 Å². The minimum absolute atomic E-state index is 0. The predicted molar refractivity (Wildman–Crippen MR) is 59.7 cm³/mol. The number of pyridine rings is 1. The molecule has 2 rings (SSSR count). The van der Waals surface area contributed by atoms with Crippen LogP contribution in [-0.2, 0) is 10.2 Å². The lowest BCUT2D eigenvalue weighted by Crippen LogP contribution is -2.43. The molecule has 1 aromatic rings. The lowest BCUT2D eigenvalue weighted by atomic mass is 9.66. The van der Waals surface area contributed by atoms with Crippen LogP contribution in [0.15, 0.2) is 18.2 Å². The first kappa shape index (κ1) is 12.3. The Kier molecular flexibility index (Phi) is 3.58. The predicted octanol–water partition coefficient (Wildman–Crippen LogP) is 2.66. The molecule has 15 heavy (non-hydrogen) atoms. The van der Waals surface area contributed by atoms with Crippen molar-refractivity contribution in [2.75, 3.05) is 0 Å². The normalized spacial score (nSPS) is 17.4. The van der Waals surface area contributed by atoms with Crippen LogP contribution in [0.4, 0.5) is 0 Å². The summed E-state index contributed by atoms with van der Waals surface area (Å²) in [4.78, 5) is 15.2. The Morgan fingerprint density at radius 1 is 1.47 bits per heavy atom. The molecule has 0 aliphatic heterocycles. The molecular formula is C10H11Cl2NO2. The molecule has 1 fully saturated rings. The molecule has 0 amide bonds. The molecule has 1 N–H and O–H groups in total. The molecule has 1 aliphatic carbocycles. The zero-order valence-electron chi connectivity index (χ0n) is 7.94. The lowest BCUT2D eigenvalue weighted by molar-refractivity contribution is -0.147. The van der Waals surface area contributed by atoms with Crippen molar-refractivity contribution >= 4 is 30.0 Å². The topological polar surface area (TPSA) is 50.2 Å². The van der Waals surface area contributed by atoms with Crippen LogP contribution in [0.5, 0.6) is 0 Å². The van der Waals surface area contributed by atoms with Gasteiger partial charge in [0, 0.05) is 0 Å². The van der Waals surface area contributed by atoms with Crippen LogP contribution in [0.3, 0.4) is 0 Å². The molecule has 0 radical (unpaired) electrons. The largest absolute Gasteiger partial charge is 0.481 e. The van der Waals surface area contributed by atoms with Crippen LogP contribution >= 0.6 is 24.0 Å². The van der Waals surface area contributed by atoms with Crippen molar-refractivity contribution in [1.82, 2.24) is 4.98 Å². The van der Waals surface area contributed by atoms with E-state index in [-0.39, 0.29) is 12.4 Å². The number of carboxylic acid groups (broad SMARTS) is 1. The molecule has 5 heteroatoms. The number of aromatic nitrogens is 1. The van der Waals surface area contributed by atoms with Crippen LogP contribution in [0.2, 0.25) is 5.15 Å². The van der Waals surface area contributed by atoms with Crippen LogP contribution in [0.1, 0.15) is 25.0 Å². The van der Waals surface area contributed by atoms with Crippen molar-refractivity contribution in [2.24, 2.45) is 0 Å². The Hall–Kier alpha value is -0.800. The second kappa shape index (κ2) is 4.37. The van der Waals surface area contributed by atoms with Gasteiger partial charge >= 0.3 is 5.97 Å². The number of carboxylic acids is 1. The Bertz CT molecular complexity index is 377. The quantitative estimate of drug-likeness (QED) is 0.818. The third kappa shape index (κ3) is 1.94. The van der Waals surface area contributed by atoms with Gasteiger partial charge in [0.25, 0.3) is 0 Å². The van der Waals surface area contributed by atoms with E-state index in [2.05, 4.69) is 4.98 Å². The maximum atomic E-state index is 11.1. The first-order valence-electron chi connectivity index (χ1n) is 4.52. The van der Waals surface area contributed by atoms with Crippen molar-refractivity contribution in [3.63, 3.8) is 0 Å². The minimum atomic E-state index is -0.793. The highest BCUT2D eigenvalue weighted by atomic mass is 35.5. The number of carbonyl (C=O) groups is 1. The Labute approximate surface area is 98.9 Å². The first-order valence-corrected chi connectivity index (χ1v) is 4.89. The van der Waals surface area contributed by atoms with E-state index in [4.69, 9.17) is 16.7 Å². The average molecular weight is 248 g/mol. The number of hydrogen-bond donors (Lipinski definition) is 1. The molecule has 0 unspecified atom stereocenters.